The smallest absolute Gasteiger partial charge is 0.252 e. The van der Waals surface area contributed by atoms with Gasteiger partial charge in [-0.05, 0) is 72.3 Å². The summed E-state index contributed by atoms with van der Waals surface area (Å²) in [5.41, 5.74) is 2.23. The Kier molecular flexibility index (Phi) is 8.92. The molecule has 3 heterocycles. The van der Waals surface area contributed by atoms with Crippen molar-refractivity contribution in [3.63, 3.8) is 0 Å². The largest absolute Gasteiger partial charge is 0.494 e. The van der Waals surface area contributed by atoms with Crippen molar-refractivity contribution in [3.8, 4) is 5.75 Å². The normalized spacial score (nSPS) is 14.3. The highest BCUT2D eigenvalue weighted by Crippen LogP contribution is 2.20. The third kappa shape index (κ3) is 7.25. The second-order valence-corrected chi connectivity index (χ2v) is 9.70. The second kappa shape index (κ2) is 12.9. The fraction of sp³-hybridized carbons (Fsp3) is 0.429. The van der Waals surface area contributed by atoms with Crippen molar-refractivity contribution in [3.05, 3.63) is 81.7 Å². The molecule has 1 N–H and O–H groups in total. The molecule has 4 aromatic rings. The van der Waals surface area contributed by atoms with Gasteiger partial charge in [0.15, 0.2) is 5.82 Å². The first-order chi connectivity index (χ1) is 19.1. The Labute approximate surface area is 226 Å². The van der Waals surface area contributed by atoms with Crippen molar-refractivity contribution in [2.75, 3.05) is 46.0 Å². The van der Waals surface area contributed by atoms with Crippen molar-refractivity contribution >= 4 is 10.9 Å². The summed E-state index contributed by atoms with van der Waals surface area (Å²) in [6.07, 6.45) is 0.930. The Balaban J connectivity index is 1.35. The van der Waals surface area contributed by atoms with Crippen LogP contribution in [0, 0.1) is 5.82 Å². The quantitative estimate of drug-likeness (QED) is 0.296. The van der Waals surface area contributed by atoms with E-state index in [9.17, 15) is 9.18 Å². The number of tetrazole rings is 1. The third-order valence-electron chi connectivity index (χ3n) is 6.87. The minimum absolute atomic E-state index is 0.115. The number of benzene rings is 2. The molecule has 39 heavy (non-hydrogen) atoms. The van der Waals surface area contributed by atoms with Gasteiger partial charge in [-0.2, -0.15) is 0 Å². The van der Waals surface area contributed by atoms with Crippen LogP contribution in [0.2, 0.25) is 0 Å². The molecule has 0 unspecified atom stereocenters. The molecule has 0 bridgehead atoms. The Hall–Kier alpha value is -3.67. The number of pyridine rings is 1. The molecular weight excluding hydrogens is 501 g/mol. The zero-order valence-electron chi connectivity index (χ0n) is 22.2. The summed E-state index contributed by atoms with van der Waals surface area (Å²) in [6, 6.07) is 13.9. The predicted octanol–water partition coefficient (Wildman–Crippen LogP) is 2.83. The van der Waals surface area contributed by atoms with Crippen molar-refractivity contribution in [2.45, 2.75) is 33.0 Å². The van der Waals surface area contributed by atoms with E-state index in [-0.39, 0.29) is 11.4 Å². The summed E-state index contributed by atoms with van der Waals surface area (Å²) in [6.45, 7) is 8.96. The molecule has 1 aliphatic rings. The molecule has 1 aliphatic heterocycles. The molecule has 2 aromatic heterocycles. The second-order valence-electron chi connectivity index (χ2n) is 9.70. The average Bonchev–Trinajstić information content (AvgIpc) is 3.37. The van der Waals surface area contributed by atoms with Crippen molar-refractivity contribution in [2.24, 2.45) is 0 Å². The van der Waals surface area contributed by atoms with Crippen LogP contribution in [0.1, 0.15) is 30.3 Å². The maximum Gasteiger partial charge on any atom is 0.252 e. The van der Waals surface area contributed by atoms with Gasteiger partial charge in [0.05, 0.1) is 32.9 Å². The Morgan fingerprint density at radius 2 is 1.92 bits per heavy atom. The highest BCUT2D eigenvalue weighted by Gasteiger charge is 2.17. The molecular formula is C28H34FN7O3. The fourth-order valence-corrected chi connectivity index (χ4v) is 4.82. The molecule has 0 aliphatic carbocycles. The first kappa shape index (κ1) is 26.9. The van der Waals surface area contributed by atoms with Gasteiger partial charge in [-0.15, -0.1) is 5.10 Å². The molecule has 0 saturated carbocycles. The highest BCUT2D eigenvalue weighted by molar-refractivity contribution is 5.80. The molecule has 5 rings (SSSR count). The van der Waals surface area contributed by atoms with Gasteiger partial charge in [0.1, 0.15) is 11.6 Å². The van der Waals surface area contributed by atoms with Crippen LogP contribution in [0.5, 0.6) is 5.75 Å². The van der Waals surface area contributed by atoms with E-state index in [1.165, 1.54) is 12.1 Å². The molecule has 0 spiro atoms. The first-order valence-corrected chi connectivity index (χ1v) is 13.4. The van der Waals surface area contributed by atoms with Crippen LogP contribution in [0.4, 0.5) is 4.39 Å². The van der Waals surface area contributed by atoms with Crippen LogP contribution >= 0.6 is 0 Å². The van der Waals surface area contributed by atoms with Crippen LogP contribution in [-0.4, -0.2) is 81.0 Å². The number of morpholine rings is 1. The zero-order valence-corrected chi connectivity index (χ0v) is 22.2. The Morgan fingerprint density at radius 1 is 1.10 bits per heavy atom. The summed E-state index contributed by atoms with van der Waals surface area (Å²) < 4.78 is 26.2. The van der Waals surface area contributed by atoms with E-state index in [4.69, 9.17) is 9.47 Å². The average molecular weight is 536 g/mol. The van der Waals surface area contributed by atoms with Crippen molar-refractivity contribution < 1.29 is 13.9 Å². The summed E-state index contributed by atoms with van der Waals surface area (Å²) >= 11 is 0. The van der Waals surface area contributed by atoms with Crippen LogP contribution in [0.25, 0.3) is 10.9 Å². The van der Waals surface area contributed by atoms with Crippen LogP contribution in [0.3, 0.4) is 0 Å². The number of ether oxygens (including phenoxy) is 2. The van der Waals surface area contributed by atoms with Gasteiger partial charge in [0.25, 0.3) is 5.56 Å². The first-order valence-electron chi connectivity index (χ1n) is 13.4. The Morgan fingerprint density at radius 3 is 2.72 bits per heavy atom. The maximum atomic E-state index is 13.4. The summed E-state index contributed by atoms with van der Waals surface area (Å²) in [5, 5.41) is 13.2. The fourth-order valence-electron chi connectivity index (χ4n) is 4.82. The number of aromatic amines is 1. The minimum atomic E-state index is -0.281. The van der Waals surface area contributed by atoms with E-state index in [1.54, 1.807) is 16.8 Å². The van der Waals surface area contributed by atoms with Gasteiger partial charge in [0.2, 0.25) is 0 Å². The number of nitrogens with zero attached hydrogens (tertiary/aromatic N) is 6. The SMILES string of the molecule is CCOc1ccc2[nH]c(=O)c(CN(CCCN3CCOCC3)Cc3nnnn3Cc3ccc(F)cc3)cc2c1. The lowest BCUT2D eigenvalue weighted by Gasteiger charge is -2.28. The Bertz CT molecular complexity index is 1420. The lowest BCUT2D eigenvalue weighted by atomic mass is 10.1. The predicted molar refractivity (Wildman–Crippen MR) is 145 cm³/mol. The number of nitrogens with one attached hydrogen (secondary N) is 1. The standard InChI is InChI=1S/C28H34FN7O3/c1-2-39-25-8-9-26-22(17-25)16-23(28(37)30-26)19-35(11-3-10-34-12-14-38-15-13-34)20-27-31-32-33-36(27)18-21-4-6-24(29)7-5-21/h4-9,16-17H,2-3,10-15,18-20H2,1H3,(H,30,37). The van der Waals surface area contributed by atoms with Crippen LogP contribution in [-0.2, 0) is 24.4 Å². The van der Waals surface area contributed by atoms with Gasteiger partial charge < -0.3 is 14.5 Å². The molecule has 10 nitrogen and oxygen atoms in total. The number of fused-ring (bicyclic) bond motifs is 1. The van der Waals surface area contributed by atoms with Gasteiger partial charge in [0, 0.05) is 42.6 Å². The number of aromatic nitrogens is 5. The molecule has 206 valence electrons. The molecule has 2 aromatic carbocycles. The number of hydrogen-bond donors (Lipinski definition) is 1. The van der Waals surface area contributed by atoms with Crippen molar-refractivity contribution in [1.29, 1.82) is 0 Å². The zero-order chi connectivity index (χ0) is 27.0. The summed E-state index contributed by atoms with van der Waals surface area (Å²) in [4.78, 5) is 20.6. The molecule has 11 heteroatoms. The molecule has 1 fully saturated rings. The molecule has 0 atom stereocenters. The van der Waals surface area contributed by atoms with Crippen LogP contribution in [0.15, 0.2) is 53.3 Å². The van der Waals surface area contributed by atoms with Gasteiger partial charge in [-0.1, -0.05) is 12.1 Å². The van der Waals surface area contributed by atoms with E-state index in [2.05, 4.69) is 30.3 Å². The third-order valence-corrected chi connectivity index (χ3v) is 6.87. The minimum Gasteiger partial charge on any atom is -0.494 e. The van der Waals surface area contributed by atoms with Gasteiger partial charge in [-0.3, -0.25) is 14.6 Å². The summed E-state index contributed by atoms with van der Waals surface area (Å²) in [7, 11) is 0. The number of rotatable bonds is 12. The lowest BCUT2D eigenvalue weighted by Crippen LogP contribution is -2.38. The van der Waals surface area contributed by atoms with Gasteiger partial charge in [-0.25, -0.2) is 9.07 Å². The molecule has 0 radical (unpaired) electrons. The maximum absolute atomic E-state index is 13.4. The van der Waals surface area contributed by atoms with Gasteiger partial charge >= 0.3 is 0 Å². The number of H-pyrrole nitrogens is 1. The van der Waals surface area contributed by atoms with Crippen LogP contribution < -0.4 is 10.3 Å². The van der Waals surface area contributed by atoms with Crippen molar-refractivity contribution in [1.82, 2.24) is 35.0 Å². The molecule has 0 amide bonds. The highest BCUT2D eigenvalue weighted by atomic mass is 19.1. The van der Waals surface area contributed by atoms with E-state index in [0.717, 1.165) is 68.0 Å². The van der Waals surface area contributed by atoms with E-state index in [1.807, 2.05) is 31.2 Å². The van der Waals surface area contributed by atoms with E-state index in [0.29, 0.717) is 37.6 Å². The number of hydrogen-bond acceptors (Lipinski definition) is 8. The van der Waals surface area contributed by atoms with E-state index < -0.39 is 0 Å². The summed E-state index contributed by atoms with van der Waals surface area (Å²) in [5.74, 6) is 1.17. The lowest BCUT2D eigenvalue weighted by molar-refractivity contribution is 0.0358. The van der Waals surface area contributed by atoms with E-state index >= 15 is 0 Å². The topological polar surface area (TPSA) is 101 Å². The molecule has 1 saturated heterocycles. The number of halogens is 1. The monoisotopic (exact) mass is 535 g/mol.